The van der Waals surface area contributed by atoms with E-state index in [9.17, 15) is 4.79 Å². The normalized spacial score (nSPS) is 18.1. The quantitative estimate of drug-likeness (QED) is 0.339. The maximum atomic E-state index is 13.3. The van der Waals surface area contributed by atoms with E-state index in [1.807, 2.05) is 40.1 Å². The number of nitrogens with zero attached hydrogens (tertiary/aromatic N) is 7. The van der Waals surface area contributed by atoms with E-state index in [4.69, 9.17) is 14.1 Å². The molecule has 0 aliphatic carbocycles. The van der Waals surface area contributed by atoms with Gasteiger partial charge in [0.2, 0.25) is 17.6 Å². The molecule has 11 heteroatoms. The van der Waals surface area contributed by atoms with Gasteiger partial charge in [0.1, 0.15) is 0 Å². The number of benzene rings is 1. The van der Waals surface area contributed by atoms with Gasteiger partial charge in [-0.1, -0.05) is 32.9 Å². The highest BCUT2D eigenvalue weighted by molar-refractivity contribution is 5.92. The summed E-state index contributed by atoms with van der Waals surface area (Å²) in [5, 5.41) is 15.6. The van der Waals surface area contributed by atoms with E-state index in [1.165, 1.54) is 11.1 Å². The second-order valence-electron chi connectivity index (χ2n) is 11.6. The average molecular weight is 543 g/mol. The van der Waals surface area contributed by atoms with E-state index in [0.29, 0.717) is 24.3 Å². The summed E-state index contributed by atoms with van der Waals surface area (Å²) in [5.41, 5.74) is 4.71. The number of aryl methyl sites for hydroxylation is 1. The number of ketones is 1. The molecule has 3 aromatic heterocycles. The number of aromatic nitrogens is 6. The van der Waals surface area contributed by atoms with Crippen molar-refractivity contribution in [2.45, 2.75) is 57.5 Å². The zero-order valence-electron chi connectivity index (χ0n) is 23.3. The van der Waals surface area contributed by atoms with Crippen molar-refractivity contribution in [3.8, 4) is 11.3 Å². The fourth-order valence-electron chi connectivity index (χ4n) is 5.18. The number of ether oxygens (including phenoxy) is 1. The number of hydrogen-bond acceptors (Lipinski definition) is 10. The molecule has 5 heterocycles. The molecule has 0 saturated carbocycles. The number of fused-ring (bicyclic) bond motifs is 1. The molecule has 1 aromatic carbocycles. The van der Waals surface area contributed by atoms with Crippen LogP contribution < -0.4 is 5.32 Å². The SMILES string of the molecule is Cn1cc(Nc2nccc(-c3ccc4c(c3)CN(C3COC3)CC[C@H]4CC(=O)c3nnc(C(C)(C)C)o3)n2)cn1. The number of Topliss-reactive ketones (excluding diaryl/α,β-unsaturated/α-hetero) is 1. The number of nitrogens with one attached hydrogen (secondary N) is 1. The molecule has 0 bridgehead atoms. The molecule has 1 atom stereocenters. The number of hydrogen-bond donors (Lipinski definition) is 1. The number of anilines is 2. The Morgan fingerprint density at radius 3 is 2.73 bits per heavy atom. The lowest BCUT2D eigenvalue weighted by Gasteiger charge is -2.36. The van der Waals surface area contributed by atoms with Crippen molar-refractivity contribution in [3.63, 3.8) is 0 Å². The van der Waals surface area contributed by atoms with Crippen LogP contribution in [0.15, 0.2) is 47.3 Å². The summed E-state index contributed by atoms with van der Waals surface area (Å²) < 4.78 is 13.0. The van der Waals surface area contributed by atoms with Crippen LogP contribution in [0.25, 0.3) is 11.3 Å². The summed E-state index contributed by atoms with van der Waals surface area (Å²) in [5.74, 6) is 0.990. The molecule has 0 spiro atoms. The van der Waals surface area contributed by atoms with Crippen LogP contribution in [0.3, 0.4) is 0 Å². The van der Waals surface area contributed by atoms with E-state index in [-0.39, 0.29) is 23.0 Å². The molecule has 208 valence electrons. The summed E-state index contributed by atoms with van der Waals surface area (Å²) in [6, 6.07) is 8.73. The molecule has 40 heavy (non-hydrogen) atoms. The smallest absolute Gasteiger partial charge is 0.284 e. The van der Waals surface area contributed by atoms with Gasteiger partial charge in [0.25, 0.3) is 5.89 Å². The van der Waals surface area contributed by atoms with Crippen LogP contribution in [-0.2, 0) is 23.7 Å². The van der Waals surface area contributed by atoms with Gasteiger partial charge in [-0.3, -0.25) is 14.4 Å². The van der Waals surface area contributed by atoms with Crippen molar-refractivity contribution < 1.29 is 13.9 Å². The summed E-state index contributed by atoms with van der Waals surface area (Å²) in [6.45, 7) is 9.13. The molecule has 2 aliphatic rings. The summed E-state index contributed by atoms with van der Waals surface area (Å²) in [7, 11) is 1.86. The largest absolute Gasteiger partial charge is 0.418 e. The molecular weight excluding hydrogens is 508 g/mol. The topological polar surface area (TPSA) is 124 Å². The molecule has 1 fully saturated rings. The Morgan fingerprint density at radius 1 is 1.18 bits per heavy atom. The Bertz CT molecular complexity index is 1520. The third-order valence-corrected chi connectivity index (χ3v) is 7.51. The van der Waals surface area contributed by atoms with Gasteiger partial charge in [-0.2, -0.15) is 5.10 Å². The van der Waals surface area contributed by atoms with Crippen molar-refractivity contribution in [2.75, 3.05) is 25.1 Å². The van der Waals surface area contributed by atoms with Crippen LogP contribution in [0.5, 0.6) is 0 Å². The molecule has 0 amide bonds. The van der Waals surface area contributed by atoms with Crippen molar-refractivity contribution in [2.24, 2.45) is 7.05 Å². The molecular formula is C29H34N8O3. The Morgan fingerprint density at radius 2 is 2.02 bits per heavy atom. The lowest BCUT2D eigenvalue weighted by atomic mass is 9.87. The predicted molar refractivity (Wildman–Crippen MR) is 148 cm³/mol. The Hall–Kier alpha value is -3.96. The minimum atomic E-state index is -0.309. The van der Waals surface area contributed by atoms with Crippen molar-refractivity contribution >= 4 is 17.4 Å². The maximum absolute atomic E-state index is 13.3. The fourth-order valence-corrected chi connectivity index (χ4v) is 5.18. The number of carbonyl (C=O) groups excluding carboxylic acids is 1. The monoisotopic (exact) mass is 542 g/mol. The van der Waals surface area contributed by atoms with Gasteiger partial charge in [0.05, 0.1) is 36.8 Å². The third-order valence-electron chi connectivity index (χ3n) is 7.51. The second kappa shape index (κ2) is 10.5. The minimum Gasteiger partial charge on any atom is -0.418 e. The van der Waals surface area contributed by atoms with Crippen molar-refractivity contribution in [1.82, 2.24) is 34.8 Å². The summed E-state index contributed by atoms with van der Waals surface area (Å²) in [4.78, 5) is 24.9. The molecule has 1 N–H and O–H groups in total. The second-order valence-corrected chi connectivity index (χ2v) is 11.6. The molecule has 11 nitrogen and oxygen atoms in total. The van der Waals surface area contributed by atoms with Crippen LogP contribution in [0, 0.1) is 0 Å². The first kappa shape index (κ1) is 26.3. The highest BCUT2D eigenvalue weighted by Gasteiger charge is 2.33. The highest BCUT2D eigenvalue weighted by Crippen LogP contribution is 2.36. The van der Waals surface area contributed by atoms with Crippen LogP contribution in [0.2, 0.25) is 0 Å². The predicted octanol–water partition coefficient (Wildman–Crippen LogP) is 4.26. The van der Waals surface area contributed by atoms with Crippen LogP contribution in [0.4, 0.5) is 11.6 Å². The van der Waals surface area contributed by atoms with E-state index in [0.717, 1.165) is 49.7 Å². The fraction of sp³-hybridized carbons (Fsp3) is 0.448. The molecule has 0 radical (unpaired) electrons. The lowest BCUT2D eigenvalue weighted by molar-refractivity contribution is -0.0677. The Balaban J connectivity index is 1.28. The Kier molecular flexibility index (Phi) is 6.93. The number of rotatable bonds is 7. The van der Waals surface area contributed by atoms with Crippen LogP contribution in [-0.4, -0.2) is 66.4 Å². The zero-order chi connectivity index (χ0) is 27.9. The minimum absolute atomic E-state index is 0.0424. The average Bonchev–Trinajstić information content (AvgIpc) is 3.51. The molecule has 0 unspecified atom stereocenters. The van der Waals surface area contributed by atoms with Gasteiger partial charge in [-0.15, -0.1) is 10.2 Å². The molecule has 6 rings (SSSR count). The summed E-state index contributed by atoms with van der Waals surface area (Å²) >= 11 is 0. The highest BCUT2D eigenvalue weighted by atomic mass is 16.5. The van der Waals surface area contributed by atoms with Gasteiger partial charge in [0, 0.05) is 43.4 Å². The first-order chi connectivity index (χ1) is 19.2. The number of carbonyl (C=O) groups is 1. The van der Waals surface area contributed by atoms with E-state index in [1.54, 1.807) is 17.1 Å². The van der Waals surface area contributed by atoms with Gasteiger partial charge in [0.15, 0.2) is 0 Å². The van der Waals surface area contributed by atoms with Gasteiger partial charge >= 0.3 is 0 Å². The lowest BCUT2D eigenvalue weighted by Crippen LogP contribution is -2.48. The van der Waals surface area contributed by atoms with E-state index >= 15 is 0 Å². The third kappa shape index (κ3) is 5.52. The van der Waals surface area contributed by atoms with Gasteiger partial charge < -0.3 is 14.5 Å². The maximum Gasteiger partial charge on any atom is 0.284 e. The summed E-state index contributed by atoms with van der Waals surface area (Å²) in [6.07, 6.45) is 6.54. The van der Waals surface area contributed by atoms with E-state index < -0.39 is 0 Å². The Labute approximate surface area is 233 Å². The molecule has 4 aromatic rings. The first-order valence-electron chi connectivity index (χ1n) is 13.6. The van der Waals surface area contributed by atoms with E-state index in [2.05, 4.69) is 48.7 Å². The van der Waals surface area contributed by atoms with Gasteiger partial charge in [-0.25, -0.2) is 9.97 Å². The van der Waals surface area contributed by atoms with Crippen LogP contribution in [0.1, 0.15) is 67.2 Å². The zero-order valence-corrected chi connectivity index (χ0v) is 23.3. The first-order valence-corrected chi connectivity index (χ1v) is 13.6. The molecule has 1 saturated heterocycles. The van der Waals surface area contributed by atoms with Crippen molar-refractivity contribution in [1.29, 1.82) is 0 Å². The molecule has 2 aliphatic heterocycles. The van der Waals surface area contributed by atoms with Crippen molar-refractivity contribution in [3.05, 3.63) is 65.8 Å². The van der Waals surface area contributed by atoms with Gasteiger partial charge in [-0.05, 0) is 42.1 Å². The standard InChI is InChI=1S/C29H34N8O3/c1-29(2,3)27-35-34-26(40-27)25(38)12-18-8-10-37(22-16-39-17-22)14-20-11-19(5-6-23(18)20)24-7-9-30-28(33-24)32-21-13-31-36(4)15-21/h5-7,9,11,13,15,18,22H,8,10,12,14,16-17H2,1-4H3,(H,30,32,33)/t18-/m0/s1. The van der Waals surface area contributed by atoms with Crippen LogP contribution >= 0.6 is 0 Å².